The number of nitrogens with zero attached hydrogens (tertiary/aromatic N) is 2. The summed E-state index contributed by atoms with van der Waals surface area (Å²) in [6, 6.07) is 6.30. The highest BCUT2D eigenvalue weighted by Gasteiger charge is 2.43. The Hall–Kier alpha value is -2.90. The van der Waals surface area contributed by atoms with E-state index in [1.165, 1.54) is 7.05 Å². The highest BCUT2D eigenvalue weighted by atomic mass is 16.5. The molecule has 23 heavy (non-hydrogen) atoms. The smallest absolute Gasteiger partial charge is 0.334 e. The Morgan fingerprint density at radius 3 is 2.70 bits per heavy atom. The number of benzene rings is 1. The summed E-state index contributed by atoms with van der Waals surface area (Å²) in [7, 11) is 1.20. The van der Waals surface area contributed by atoms with Crippen molar-refractivity contribution < 1.29 is 23.9 Å². The summed E-state index contributed by atoms with van der Waals surface area (Å²) in [5.41, 5.74) is 0.847. The standard InChI is InChI=1S/C15H15N3O5/c1-17-13(20)14(21)18(15(17)22)8-12(19)16-10-6-7-23-11-5-3-2-4-9(10)11/h2-5,10H,6-8H2,1H3,(H,16,19)/t10-/m1/s1. The third-order valence-corrected chi connectivity index (χ3v) is 3.85. The molecule has 0 aromatic heterocycles. The largest absolute Gasteiger partial charge is 0.493 e. The maximum atomic E-state index is 12.2. The quantitative estimate of drug-likeness (QED) is 0.627. The van der Waals surface area contributed by atoms with E-state index in [0.29, 0.717) is 28.6 Å². The van der Waals surface area contributed by atoms with Gasteiger partial charge in [-0.25, -0.2) is 9.69 Å². The van der Waals surface area contributed by atoms with Crippen LogP contribution in [0.2, 0.25) is 0 Å². The summed E-state index contributed by atoms with van der Waals surface area (Å²) in [6.07, 6.45) is 0.587. The molecule has 0 bridgehead atoms. The van der Waals surface area contributed by atoms with E-state index in [1.54, 1.807) is 0 Å². The SMILES string of the molecule is CN1C(=O)C(=O)N(CC(=O)N[C@@H]2CCOc3ccccc32)C1=O. The second-order valence-electron chi connectivity index (χ2n) is 5.33. The molecule has 0 unspecified atom stereocenters. The van der Waals surface area contributed by atoms with Crippen LogP contribution in [-0.2, 0) is 14.4 Å². The van der Waals surface area contributed by atoms with E-state index >= 15 is 0 Å². The van der Waals surface area contributed by atoms with Crippen molar-refractivity contribution in [2.45, 2.75) is 12.5 Å². The van der Waals surface area contributed by atoms with Gasteiger partial charge < -0.3 is 10.1 Å². The monoisotopic (exact) mass is 317 g/mol. The summed E-state index contributed by atoms with van der Waals surface area (Å²) in [5, 5.41) is 2.78. The summed E-state index contributed by atoms with van der Waals surface area (Å²) in [5.74, 6) is -1.72. The number of carbonyl (C=O) groups excluding carboxylic acids is 4. The van der Waals surface area contributed by atoms with E-state index < -0.39 is 30.3 Å². The lowest BCUT2D eigenvalue weighted by Gasteiger charge is -2.27. The number of hydrogen-bond acceptors (Lipinski definition) is 5. The number of ether oxygens (including phenoxy) is 1. The highest BCUT2D eigenvalue weighted by molar-refractivity contribution is 6.44. The van der Waals surface area contributed by atoms with Crippen molar-refractivity contribution >= 4 is 23.8 Å². The average molecular weight is 317 g/mol. The van der Waals surface area contributed by atoms with Crippen LogP contribution in [0.3, 0.4) is 0 Å². The van der Waals surface area contributed by atoms with Gasteiger partial charge in [0, 0.05) is 19.0 Å². The fourth-order valence-electron chi connectivity index (χ4n) is 2.63. The van der Waals surface area contributed by atoms with Crippen molar-refractivity contribution in [3.63, 3.8) is 0 Å². The second-order valence-corrected chi connectivity index (χ2v) is 5.33. The van der Waals surface area contributed by atoms with Crippen molar-refractivity contribution in [3.8, 4) is 5.75 Å². The minimum absolute atomic E-state index is 0.256. The molecule has 1 atom stereocenters. The van der Waals surface area contributed by atoms with E-state index in [9.17, 15) is 19.2 Å². The van der Waals surface area contributed by atoms with Gasteiger partial charge in [0.25, 0.3) is 0 Å². The van der Waals surface area contributed by atoms with Gasteiger partial charge in [-0.05, 0) is 6.07 Å². The molecule has 0 saturated carbocycles. The molecule has 120 valence electrons. The molecular weight excluding hydrogens is 302 g/mol. The van der Waals surface area contributed by atoms with Crippen LogP contribution in [0.15, 0.2) is 24.3 Å². The lowest BCUT2D eigenvalue weighted by atomic mass is 10.0. The number of carbonyl (C=O) groups is 4. The first-order valence-electron chi connectivity index (χ1n) is 7.13. The third-order valence-electron chi connectivity index (χ3n) is 3.85. The van der Waals surface area contributed by atoms with Crippen LogP contribution in [0.4, 0.5) is 4.79 Å². The number of hydrogen-bond donors (Lipinski definition) is 1. The zero-order valence-electron chi connectivity index (χ0n) is 12.4. The van der Waals surface area contributed by atoms with E-state index in [2.05, 4.69) is 5.32 Å². The predicted octanol–water partition coefficient (Wildman–Crippen LogP) is 0.0470. The molecule has 8 nitrogen and oxygen atoms in total. The van der Waals surface area contributed by atoms with Gasteiger partial charge in [-0.3, -0.25) is 19.3 Å². The predicted molar refractivity (Wildman–Crippen MR) is 77.3 cm³/mol. The number of para-hydroxylation sites is 1. The number of rotatable bonds is 3. The molecule has 0 aliphatic carbocycles. The average Bonchev–Trinajstić information content (AvgIpc) is 2.73. The molecule has 1 aromatic rings. The second kappa shape index (κ2) is 5.71. The molecule has 0 radical (unpaired) electrons. The van der Waals surface area contributed by atoms with Crippen molar-refractivity contribution in [1.82, 2.24) is 15.1 Å². The van der Waals surface area contributed by atoms with Gasteiger partial charge in [-0.2, -0.15) is 0 Å². The maximum absolute atomic E-state index is 12.2. The maximum Gasteiger partial charge on any atom is 0.334 e. The van der Waals surface area contributed by atoms with Gasteiger partial charge in [0.1, 0.15) is 12.3 Å². The minimum atomic E-state index is -0.986. The first kappa shape index (κ1) is 15.0. The van der Waals surface area contributed by atoms with E-state index in [-0.39, 0.29) is 6.04 Å². The summed E-state index contributed by atoms with van der Waals surface area (Å²) in [6.45, 7) is -0.0158. The zero-order valence-corrected chi connectivity index (χ0v) is 12.4. The first-order chi connectivity index (χ1) is 11.0. The van der Waals surface area contributed by atoms with E-state index in [4.69, 9.17) is 4.74 Å². The molecule has 0 spiro atoms. The Kier molecular flexibility index (Phi) is 3.73. The lowest BCUT2D eigenvalue weighted by molar-refractivity contribution is -0.143. The van der Waals surface area contributed by atoms with E-state index in [0.717, 1.165) is 5.56 Å². The molecule has 5 amide bonds. The van der Waals surface area contributed by atoms with Gasteiger partial charge in [0.05, 0.1) is 12.6 Å². The Morgan fingerprint density at radius 2 is 2.00 bits per heavy atom. The topological polar surface area (TPSA) is 96.0 Å². The van der Waals surface area contributed by atoms with Crippen LogP contribution < -0.4 is 10.1 Å². The van der Waals surface area contributed by atoms with Gasteiger partial charge in [0.2, 0.25) is 5.91 Å². The van der Waals surface area contributed by atoms with E-state index in [1.807, 2.05) is 24.3 Å². The number of amides is 5. The van der Waals surface area contributed by atoms with Crippen LogP contribution in [0.5, 0.6) is 5.75 Å². The number of likely N-dealkylation sites (N-methyl/N-ethyl adjacent to an activating group) is 1. The van der Waals surface area contributed by atoms with Crippen molar-refractivity contribution in [1.29, 1.82) is 0 Å². The van der Waals surface area contributed by atoms with Gasteiger partial charge in [-0.1, -0.05) is 18.2 Å². The van der Waals surface area contributed by atoms with Crippen LogP contribution in [0.1, 0.15) is 18.0 Å². The molecule has 2 heterocycles. The number of urea groups is 1. The molecular formula is C15H15N3O5. The lowest BCUT2D eigenvalue weighted by Crippen LogP contribution is -2.43. The van der Waals surface area contributed by atoms with Crippen LogP contribution in [0, 0.1) is 0 Å². The van der Waals surface area contributed by atoms with Crippen molar-refractivity contribution in [3.05, 3.63) is 29.8 Å². The first-order valence-corrected chi connectivity index (χ1v) is 7.13. The molecule has 2 aliphatic rings. The molecule has 1 fully saturated rings. The minimum Gasteiger partial charge on any atom is -0.493 e. The fourth-order valence-corrected chi connectivity index (χ4v) is 2.63. The Morgan fingerprint density at radius 1 is 1.26 bits per heavy atom. The Balaban J connectivity index is 1.68. The summed E-state index contributed by atoms with van der Waals surface area (Å²) < 4.78 is 5.51. The zero-order chi connectivity index (χ0) is 16.6. The molecule has 1 N–H and O–H groups in total. The van der Waals surface area contributed by atoms with Crippen LogP contribution in [-0.4, -0.2) is 53.8 Å². The number of nitrogens with one attached hydrogen (secondary N) is 1. The molecule has 2 aliphatic heterocycles. The molecule has 1 saturated heterocycles. The molecule has 1 aromatic carbocycles. The Labute approximate surface area is 132 Å². The molecule has 8 heteroatoms. The summed E-state index contributed by atoms with van der Waals surface area (Å²) >= 11 is 0. The number of imide groups is 2. The normalized spacial score (nSPS) is 20.4. The Bertz CT molecular complexity index is 702. The van der Waals surface area contributed by atoms with Crippen LogP contribution >= 0.6 is 0 Å². The number of fused-ring (bicyclic) bond motifs is 1. The third kappa shape index (κ3) is 2.63. The fraction of sp³-hybridized carbons (Fsp3) is 0.333. The van der Waals surface area contributed by atoms with Gasteiger partial charge in [-0.15, -0.1) is 0 Å². The molecule has 3 rings (SSSR count). The van der Waals surface area contributed by atoms with Gasteiger partial charge >= 0.3 is 17.8 Å². The van der Waals surface area contributed by atoms with Crippen LogP contribution in [0.25, 0.3) is 0 Å². The highest BCUT2D eigenvalue weighted by Crippen LogP contribution is 2.31. The summed E-state index contributed by atoms with van der Waals surface area (Å²) in [4.78, 5) is 48.3. The van der Waals surface area contributed by atoms with Crippen molar-refractivity contribution in [2.75, 3.05) is 20.2 Å². The van der Waals surface area contributed by atoms with Gasteiger partial charge in [0.15, 0.2) is 0 Å². The van der Waals surface area contributed by atoms with Crippen molar-refractivity contribution in [2.24, 2.45) is 0 Å².